The maximum atomic E-state index is 12.1. The summed E-state index contributed by atoms with van der Waals surface area (Å²) in [5.41, 5.74) is 4.91. The molecule has 1 aromatic carbocycles. The van der Waals surface area contributed by atoms with E-state index in [2.05, 4.69) is 0 Å². The van der Waals surface area contributed by atoms with Crippen molar-refractivity contribution in [1.29, 1.82) is 0 Å². The number of imide groups is 1. The highest BCUT2D eigenvalue weighted by Crippen LogP contribution is 2.24. The van der Waals surface area contributed by atoms with E-state index < -0.39 is 29.3 Å². The van der Waals surface area contributed by atoms with Gasteiger partial charge >= 0.3 is 12.0 Å². The number of ether oxygens (including phenoxy) is 1. The smallest absolute Gasteiger partial charge is 0.319 e. The number of rotatable bonds is 6. The molecule has 0 unspecified atom stereocenters. The number of urea groups is 1. The van der Waals surface area contributed by atoms with E-state index in [0.29, 0.717) is 0 Å². The second-order valence-corrected chi connectivity index (χ2v) is 6.44. The lowest BCUT2D eigenvalue weighted by atomic mass is 10.1. The van der Waals surface area contributed by atoms with Crippen LogP contribution >= 0.6 is 11.8 Å². The van der Waals surface area contributed by atoms with Gasteiger partial charge in [0.1, 0.15) is 5.25 Å². The molecule has 1 rings (SSSR count). The topological polar surface area (TPSA) is 98.5 Å². The van der Waals surface area contributed by atoms with Crippen LogP contribution in [0.25, 0.3) is 0 Å². The molecule has 0 aromatic heterocycles. The number of esters is 1. The number of nitrogens with two attached hydrogens (primary N) is 1. The molecule has 0 spiro atoms. The number of hydrogen-bond donors (Lipinski definition) is 2. The minimum atomic E-state index is -1.06. The number of carbonyl (C=O) groups is 3. The zero-order valence-corrected chi connectivity index (χ0v) is 13.6. The van der Waals surface area contributed by atoms with Gasteiger partial charge in [0.05, 0.1) is 0 Å². The highest BCUT2D eigenvalue weighted by molar-refractivity contribution is 8.00. The summed E-state index contributed by atoms with van der Waals surface area (Å²) in [6, 6.07) is 8.42. The van der Waals surface area contributed by atoms with Gasteiger partial charge in [-0.2, -0.15) is 0 Å². The molecular formula is C15H20N2O4S. The van der Waals surface area contributed by atoms with E-state index in [-0.39, 0.29) is 5.92 Å². The first-order chi connectivity index (χ1) is 10.3. The minimum absolute atomic E-state index is 0.280. The van der Waals surface area contributed by atoms with Gasteiger partial charge in [-0.15, -0.1) is 11.8 Å². The van der Waals surface area contributed by atoms with Gasteiger partial charge in [0.25, 0.3) is 5.91 Å². The van der Waals surface area contributed by atoms with Crippen LogP contribution < -0.4 is 11.1 Å². The lowest BCUT2D eigenvalue weighted by Crippen LogP contribution is -2.46. The summed E-state index contributed by atoms with van der Waals surface area (Å²) in [7, 11) is 0. The van der Waals surface area contributed by atoms with Gasteiger partial charge in [-0.25, -0.2) is 4.79 Å². The fraction of sp³-hybridized carbons (Fsp3) is 0.400. The minimum Gasteiger partial charge on any atom is -0.451 e. The number of primary amides is 1. The molecule has 120 valence electrons. The number of amides is 3. The standard InChI is InChI=1S/C15H20N2O4S/c1-9(2)12(13(18)17-15(16)20)21-14(19)10(3)22-11-7-5-4-6-8-11/h4-10,12H,1-3H3,(H3,16,17,18,20)/t10-,12-/m1/s1. The molecule has 1 aromatic rings. The summed E-state index contributed by atoms with van der Waals surface area (Å²) in [5, 5.41) is 1.45. The fourth-order valence-electron chi connectivity index (χ4n) is 1.66. The van der Waals surface area contributed by atoms with Crippen molar-refractivity contribution in [3.8, 4) is 0 Å². The highest BCUT2D eigenvalue weighted by atomic mass is 32.2. The molecule has 22 heavy (non-hydrogen) atoms. The van der Waals surface area contributed by atoms with E-state index >= 15 is 0 Å². The van der Waals surface area contributed by atoms with Crippen LogP contribution in [0.4, 0.5) is 4.79 Å². The van der Waals surface area contributed by atoms with Crippen molar-refractivity contribution >= 4 is 29.7 Å². The molecule has 0 saturated heterocycles. The van der Waals surface area contributed by atoms with E-state index in [1.807, 2.05) is 35.6 Å². The Morgan fingerprint density at radius 2 is 1.73 bits per heavy atom. The first-order valence-electron chi connectivity index (χ1n) is 6.83. The molecule has 0 aliphatic carbocycles. The Bertz CT molecular complexity index is 534. The molecule has 0 aliphatic heterocycles. The molecule has 6 nitrogen and oxygen atoms in total. The lowest BCUT2D eigenvalue weighted by molar-refractivity contribution is -0.157. The van der Waals surface area contributed by atoms with Gasteiger partial charge in [-0.1, -0.05) is 32.0 Å². The molecule has 2 atom stereocenters. The third-order valence-electron chi connectivity index (χ3n) is 2.74. The zero-order chi connectivity index (χ0) is 16.7. The van der Waals surface area contributed by atoms with Gasteiger partial charge in [-0.3, -0.25) is 14.9 Å². The van der Waals surface area contributed by atoms with Crippen LogP contribution in [0, 0.1) is 5.92 Å². The Kier molecular flexibility index (Phi) is 6.91. The maximum absolute atomic E-state index is 12.1. The molecule has 0 heterocycles. The van der Waals surface area contributed by atoms with Gasteiger partial charge in [0.2, 0.25) is 0 Å². The van der Waals surface area contributed by atoms with Crippen LogP contribution in [0.2, 0.25) is 0 Å². The van der Waals surface area contributed by atoms with Crippen molar-refractivity contribution in [3.63, 3.8) is 0 Å². The van der Waals surface area contributed by atoms with E-state index in [1.165, 1.54) is 11.8 Å². The Hall–Kier alpha value is -2.02. The first kappa shape index (κ1) is 18.0. The number of nitrogens with one attached hydrogen (secondary N) is 1. The normalized spacial score (nSPS) is 13.3. The predicted octanol–water partition coefficient (Wildman–Crippen LogP) is 1.93. The van der Waals surface area contributed by atoms with Crippen molar-refractivity contribution in [2.75, 3.05) is 0 Å². The Balaban J connectivity index is 2.66. The summed E-state index contributed by atoms with van der Waals surface area (Å²) < 4.78 is 5.23. The number of benzene rings is 1. The summed E-state index contributed by atoms with van der Waals surface area (Å²) >= 11 is 1.33. The summed E-state index contributed by atoms with van der Waals surface area (Å²) in [5.74, 6) is -1.52. The monoisotopic (exact) mass is 324 g/mol. The van der Waals surface area contributed by atoms with Crippen LogP contribution in [0.15, 0.2) is 35.2 Å². The van der Waals surface area contributed by atoms with Crippen LogP contribution in [-0.4, -0.2) is 29.3 Å². The van der Waals surface area contributed by atoms with Gasteiger partial charge in [0.15, 0.2) is 6.10 Å². The molecule has 0 fully saturated rings. The summed E-state index contributed by atoms with van der Waals surface area (Å²) in [6.45, 7) is 5.13. The Morgan fingerprint density at radius 3 is 2.23 bits per heavy atom. The van der Waals surface area contributed by atoms with Gasteiger partial charge < -0.3 is 10.5 Å². The number of thioether (sulfide) groups is 1. The third kappa shape index (κ3) is 5.77. The Morgan fingerprint density at radius 1 is 1.14 bits per heavy atom. The van der Waals surface area contributed by atoms with Crippen LogP contribution in [0.1, 0.15) is 20.8 Å². The van der Waals surface area contributed by atoms with Gasteiger partial charge in [-0.05, 0) is 25.0 Å². The number of hydrogen-bond acceptors (Lipinski definition) is 5. The lowest BCUT2D eigenvalue weighted by Gasteiger charge is -2.21. The van der Waals surface area contributed by atoms with Crippen molar-refractivity contribution in [1.82, 2.24) is 5.32 Å². The molecular weight excluding hydrogens is 304 g/mol. The molecule has 0 aliphatic rings. The fourth-order valence-corrected chi connectivity index (χ4v) is 2.53. The van der Waals surface area contributed by atoms with Crippen LogP contribution in [0.3, 0.4) is 0 Å². The van der Waals surface area contributed by atoms with Crippen molar-refractivity contribution < 1.29 is 19.1 Å². The molecule has 3 amide bonds. The average Bonchev–Trinajstić information content (AvgIpc) is 2.44. The Labute approximate surface area is 133 Å². The highest BCUT2D eigenvalue weighted by Gasteiger charge is 2.29. The summed E-state index contributed by atoms with van der Waals surface area (Å²) in [4.78, 5) is 35.6. The largest absolute Gasteiger partial charge is 0.451 e. The zero-order valence-electron chi connectivity index (χ0n) is 12.7. The average molecular weight is 324 g/mol. The molecule has 0 saturated carbocycles. The van der Waals surface area contributed by atoms with E-state index in [4.69, 9.17) is 10.5 Å². The molecule has 7 heteroatoms. The van der Waals surface area contributed by atoms with Crippen LogP contribution in [0.5, 0.6) is 0 Å². The van der Waals surface area contributed by atoms with Crippen molar-refractivity contribution in [3.05, 3.63) is 30.3 Å². The van der Waals surface area contributed by atoms with E-state index in [9.17, 15) is 14.4 Å². The van der Waals surface area contributed by atoms with Gasteiger partial charge in [0, 0.05) is 4.90 Å². The molecule has 3 N–H and O–H groups in total. The second-order valence-electron chi connectivity index (χ2n) is 5.03. The SMILES string of the molecule is CC(C)[C@@H](OC(=O)[C@@H](C)Sc1ccccc1)C(=O)NC(N)=O. The molecule has 0 radical (unpaired) electrons. The van der Waals surface area contributed by atoms with Crippen LogP contribution in [-0.2, 0) is 14.3 Å². The number of carbonyl (C=O) groups excluding carboxylic acids is 3. The third-order valence-corrected chi connectivity index (χ3v) is 3.83. The predicted molar refractivity (Wildman–Crippen MR) is 84.2 cm³/mol. The first-order valence-corrected chi connectivity index (χ1v) is 7.71. The summed E-state index contributed by atoms with van der Waals surface area (Å²) in [6.07, 6.45) is -1.06. The molecule has 0 bridgehead atoms. The van der Waals surface area contributed by atoms with E-state index in [0.717, 1.165) is 4.90 Å². The second kappa shape index (κ2) is 8.43. The van der Waals surface area contributed by atoms with E-state index in [1.54, 1.807) is 20.8 Å². The van der Waals surface area contributed by atoms with Crippen molar-refractivity contribution in [2.45, 2.75) is 37.0 Å². The quantitative estimate of drug-likeness (QED) is 0.615. The maximum Gasteiger partial charge on any atom is 0.319 e. The van der Waals surface area contributed by atoms with Crippen molar-refractivity contribution in [2.24, 2.45) is 11.7 Å².